The largest absolute Gasteiger partial charge is 0.375 e. The summed E-state index contributed by atoms with van der Waals surface area (Å²) in [5.74, 6) is 2.01. The van der Waals surface area contributed by atoms with Crippen LogP contribution in [0.4, 0.5) is 5.13 Å². The van der Waals surface area contributed by atoms with Crippen molar-refractivity contribution in [2.24, 2.45) is 5.92 Å². The third kappa shape index (κ3) is 3.12. The predicted molar refractivity (Wildman–Crippen MR) is 72.9 cm³/mol. The van der Waals surface area contributed by atoms with E-state index in [1.807, 2.05) is 6.20 Å². The molecule has 1 aromatic heterocycles. The van der Waals surface area contributed by atoms with Crippen molar-refractivity contribution >= 4 is 28.2 Å². The minimum Gasteiger partial charge on any atom is -0.375 e. The van der Waals surface area contributed by atoms with Crippen molar-refractivity contribution in [2.45, 2.75) is 25.6 Å². The summed E-state index contributed by atoms with van der Waals surface area (Å²) in [6.07, 6.45) is 1.91. The maximum atomic E-state index is 5.64. The van der Waals surface area contributed by atoms with E-state index in [0.29, 0.717) is 5.13 Å². The van der Waals surface area contributed by atoms with Crippen LogP contribution < -0.4 is 5.73 Å². The van der Waals surface area contributed by atoms with E-state index in [1.54, 1.807) is 11.3 Å². The topological polar surface area (TPSA) is 42.2 Å². The van der Waals surface area contributed by atoms with E-state index in [-0.39, 0.29) is 0 Å². The Morgan fingerprint density at radius 3 is 3.06 bits per heavy atom. The smallest absolute Gasteiger partial charge is 0.180 e. The van der Waals surface area contributed by atoms with Crippen LogP contribution in [0.25, 0.3) is 0 Å². The van der Waals surface area contributed by atoms with Crippen molar-refractivity contribution in [3.05, 3.63) is 11.1 Å². The predicted octanol–water partition coefficient (Wildman–Crippen LogP) is 2.30. The molecule has 16 heavy (non-hydrogen) atoms. The highest BCUT2D eigenvalue weighted by Gasteiger charge is 2.23. The van der Waals surface area contributed by atoms with Crippen LogP contribution in [-0.4, -0.2) is 34.0 Å². The third-order valence-electron chi connectivity index (χ3n) is 2.87. The van der Waals surface area contributed by atoms with E-state index in [1.165, 1.54) is 23.7 Å². The zero-order valence-corrected chi connectivity index (χ0v) is 11.5. The molecule has 0 spiro atoms. The Kier molecular flexibility index (Phi) is 4.10. The molecule has 90 valence electrons. The molecule has 0 amide bonds. The number of hydrogen-bond acceptors (Lipinski definition) is 5. The SMILES string of the molecule is CC(C)C1CN(Cc2cnc(N)s2)CCS1. The van der Waals surface area contributed by atoms with E-state index >= 15 is 0 Å². The van der Waals surface area contributed by atoms with Gasteiger partial charge in [0.15, 0.2) is 5.13 Å². The maximum Gasteiger partial charge on any atom is 0.180 e. The molecule has 1 unspecified atom stereocenters. The standard InChI is InChI=1S/C11H19N3S2/c1-8(2)10-7-14(3-4-15-10)6-9-5-13-11(12)16-9/h5,8,10H,3-4,6-7H2,1-2H3,(H2,12,13). The molecule has 2 N–H and O–H groups in total. The van der Waals surface area contributed by atoms with Crippen molar-refractivity contribution in [3.8, 4) is 0 Å². The summed E-state index contributed by atoms with van der Waals surface area (Å²) in [5.41, 5.74) is 5.64. The van der Waals surface area contributed by atoms with E-state index in [2.05, 4.69) is 35.5 Å². The second-order valence-electron chi connectivity index (χ2n) is 4.55. The van der Waals surface area contributed by atoms with Crippen LogP contribution in [0.3, 0.4) is 0 Å². The molecule has 3 nitrogen and oxygen atoms in total. The Bertz CT molecular complexity index is 338. The zero-order chi connectivity index (χ0) is 11.5. The van der Waals surface area contributed by atoms with Gasteiger partial charge >= 0.3 is 0 Å². The normalized spacial score (nSPS) is 22.8. The van der Waals surface area contributed by atoms with Crippen molar-refractivity contribution < 1.29 is 0 Å². The summed E-state index contributed by atoms with van der Waals surface area (Å²) in [6, 6.07) is 0. The Labute approximate surface area is 105 Å². The van der Waals surface area contributed by atoms with Crippen molar-refractivity contribution in [2.75, 3.05) is 24.6 Å². The summed E-state index contributed by atoms with van der Waals surface area (Å²) in [4.78, 5) is 7.91. The van der Waals surface area contributed by atoms with Gasteiger partial charge in [0.25, 0.3) is 0 Å². The number of nitrogens with zero attached hydrogens (tertiary/aromatic N) is 2. The first-order chi connectivity index (χ1) is 7.65. The monoisotopic (exact) mass is 257 g/mol. The van der Waals surface area contributed by atoms with E-state index in [4.69, 9.17) is 5.73 Å². The lowest BCUT2D eigenvalue weighted by Gasteiger charge is -2.33. The number of thioether (sulfide) groups is 1. The summed E-state index contributed by atoms with van der Waals surface area (Å²) in [5, 5.41) is 1.46. The summed E-state index contributed by atoms with van der Waals surface area (Å²) in [7, 11) is 0. The lowest BCUT2D eigenvalue weighted by Crippen LogP contribution is -2.39. The highest BCUT2D eigenvalue weighted by atomic mass is 32.2. The van der Waals surface area contributed by atoms with Gasteiger partial charge in [0, 0.05) is 41.7 Å². The van der Waals surface area contributed by atoms with Crippen LogP contribution in [0.1, 0.15) is 18.7 Å². The molecular weight excluding hydrogens is 238 g/mol. The van der Waals surface area contributed by atoms with Crippen LogP contribution in [0.2, 0.25) is 0 Å². The number of hydrogen-bond donors (Lipinski definition) is 1. The summed E-state index contributed by atoms with van der Waals surface area (Å²) >= 11 is 3.72. The van der Waals surface area contributed by atoms with E-state index in [0.717, 1.165) is 17.7 Å². The molecule has 0 aliphatic carbocycles. The van der Waals surface area contributed by atoms with Gasteiger partial charge in [-0.1, -0.05) is 13.8 Å². The van der Waals surface area contributed by atoms with Crippen LogP contribution >= 0.6 is 23.1 Å². The Hall–Kier alpha value is -0.260. The van der Waals surface area contributed by atoms with Gasteiger partial charge in [-0.2, -0.15) is 11.8 Å². The van der Waals surface area contributed by atoms with Crippen molar-refractivity contribution in [1.29, 1.82) is 0 Å². The summed E-state index contributed by atoms with van der Waals surface area (Å²) < 4.78 is 0. The molecule has 5 heteroatoms. The van der Waals surface area contributed by atoms with Crippen LogP contribution in [-0.2, 0) is 6.54 Å². The molecule has 0 saturated carbocycles. The van der Waals surface area contributed by atoms with E-state index in [9.17, 15) is 0 Å². The average molecular weight is 257 g/mol. The van der Waals surface area contributed by atoms with Crippen LogP contribution in [0.15, 0.2) is 6.20 Å². The number of aromatic nitrogens is 1. The highest BCUT2D eigenvalue weighted by molar-refractivity contribution is 8.00. The van der Waals surface area contributed by atoms with Gasteiger partial charge < -0.3 is 5.73 Å². The minimum absolute atomic E-state index is 0.682. The van der Waals surface area contributed by atoms with Gasteiger partial charge in [0.2, 0.25) is 0 Å². The van der Waals surface area contributed by atoms with Crippen LogP contribution in [0.5, 0.6) is 0 Å². The Morgan fingerprint density at radius 2 is 2.44 bits per heavy atom. The molecule has 1 aliphatic rings. The quantitative estimate of drug-likeness (QED) is 0.902. The van der Waals surface area contributed by atoms with Gasteiger partial charge in [-0.25, -0.2) is 4.98 Å². The molecule has 2 heterocycles. The molecule has 0 bridgehead atoms. The first-order valence-electron chi connectivity index (χ1n) is 5.69. The van der Waals surface area contributed by atoms with Gasteiger partial charge in [0.05, 0.1) is 0 Å². The maximum absolute atomic E-state index is 5.64. The van der Waals surface area contributed by atoms with Gasteiger partial charge in [-0.15, -0.1) is 11.3 Å². The Morgan fingerprint density at radius 1 is 1.62 bits per heavy atom. The lowest BCUT2D eigenvalue weighted by molar-refractivity contribution is 0.262. The average Bonchev–Trinajstić information content (AvgIpc) is 2.64. The number of nitrogen functional groups attached to an aromatic ring is 1. The molecule has 2 rings (SSSR count). The molecule has 1 fully saturated rings. The second kappa shape index (κ2) is 5.38. The number of anilines is 1. The molecule has 0 aromatic carbocycles. The molecule has 1 aromatic rings. The number of thiazole rings is 1. The minimum atomic E-state index is 0.682. The molecule has 1 saturated heterocycles. The molecular formula is C11H19N3S2. The number of rotatable bonds is 3. The van der Waals surface area contributed by atoms with Crippen molar-refractivity contribution in [3.63, 3.8) is 0 Å². The summed E-state index contributed by atoms with van der Waals surface area (Å²) in [6.45, 7) is 8.02. The van der Waals surface area contributed by atoms with Gasteiger partial charge in [0.1, 0.15) is 0 Å². The van der Waals surface area contributed by atoms with Crippen LogP contribution in [0, 0.1) is 5.92 Å². The fourth-order valence-corrected chi connectivity index (χ4v) is 3.99. The van der Waals surface area contributed by atoms with Gasteiger partial charge in [-0.05, 0) is 5.92 Å². The second-order valence-corrected chi connectivity index (χ2v) is 7.05. The molecule has 1 aliphatic heterocycles. The zero-order valence-electron chi connectivity index (χ0n) is 9.85. The van der Waals surface area contributed by atoms with Crippen molar-refractivity contribution in [1.82, 2.24) is 9.88 Å². The Balaban J connectivity index is 1.90. The fourth-order valence-electron chi connectivity index (χ4n) is 1.89. The lowest BCUT2D eigenvalue weighted by atomic mass is 10.1. The number of nitrogens with two attached hydrogens (primary N) is 1. The fraction of sp³-hybridized carbons (Fsp3) is 0.727. The first kappa shape index (κ1) is 12.2. The van der Waals surface area contributed by atoms with E-state index < -0.39 is 0 Å². The van der Waals surface area contributed by atoms with Gasteiger partial charge in [-0.3, -0.25) is 4.90 Å². The molecule has 1 atom stereocenters. The third-order valence-corrected chi connectivity index (χ3v) is 5.22. The highest BCUT2D eigenvalue weighted by Crippen LogP contribution is 2.26. The first-order valence-corrected chi connectivity index (χ1v) is 7.56. The molecule has 0 radical (unpaired) electrons.